The van der Waals surface area contributed by atoms with E-state index in [1.807, 2.05) is 13.8 Å². The molecule has 0 spiro atoms. The van der Waals surface area contributed by atoms with Crippen molar-refractivity contribution in [2.24, 2.45) is 0 Å². The molecular weight excluding hydrogens is 475 g/mol. The van der Waals surface area contributed by atoms with Crippen LogP contribution >= 0.6 is 0 Å². The lowest BCUT2D eigenvalue weighted by molar-refractivity contribution is -0.274. The van der Waals surface area contributed by atoms with Crippen LogP contribution in [0.25, 0.3) is 0 Å². The van der Waals surface area contributed by atoms with Crippen LogP contribution in [0, 0.1) is 6.92 Å². The molecule has 10 heteroatoms. The fourth-order valence-corrected chi connectivity index (χ4v) is 3.93. The van der Waals surface area contributed by atoms with Crippen LogP contribution in [0.4, 0.5) is 19.0 Å². The van der Waals surface area contributed by atoms with Crippen molar-refractivity contribution >= 4 is 17.5 Å². The Morgan fingerprint density at radius 3 is 2.19 bits per heavy atom. The van der Waals surface area contributed by atoms with E-state index in [9.17, 15) is 27.9 Å². The predicted molar refractivity (Wildman–Crippen MR) is 125 cm³/mol. The number of carbonyl (C=O) groups excluding carboxylic acids is 2. The lowest BCUT2D eigenvalue weighted by atomic mass is 9.91. The van der Waals surface area contributed by atoms with E-state index in [0.717, 1.165) is 22.6 Å². The number of ether oxygens (including phenoxy) is 1. The Morgan fingerprint density at radius 1 is 1.03 bits per heavy atom. The monoisotopic (exact) mass is 497 g/mol. The zero-order valence-corrected chi connectivity index (χ0v) is 19.6. The van der Waals surface area contributed by atoms with Crippen molar-refractivity contribution < 1.29 is 32.6 Å². The van der Waals surface area contributed by atoms with Crippen molar-refractivity contribution in [1.29, 1.82) is 0 Å². The van der Waals surface area contributed by atoms with E-state index >= 15 is 0 Å². The Bertz CT molecular complexity index is 1320. The lowest BCUT2D eigenvalue weighted by Gasteiger charge is -2.26. The minimum absolute atomic E-state index is 0.0655. The van der Waals surface area contributed by atoms with Gasteiger partial charge in [-0.3, -0.25) is 19.5 Å². The quantitative estimate of drug-likeness (QED) is 0.447. The Hall–Kier alpha value is -4.21. The number of benzene rings is 2. The molecule has 0 aliphatic carbocycles. The number of carbonyl (C=O) groups is 2. The smallest absolute Gasteiger partial charge is 0.503 e. The molecule has 186 valence electrons. The summed E-state index contributed by atoms with van der Waals surface area (Å²) in [6.45, 7) is 5.71. The Kier molecular flexibility index (Phi) is 6.53. The number of nitrogens with zero attached hydrogens (tertiary/aromatic N) is 3. The van der Waals surface area contributed by atoms with Crippen molar-refractivity contribution in [1.82, 2.24) is 9.97 Å². The summed E-state index contributed by atoms with van der Waals surface area (Å²) in [5.41, 5.74) is 1.87. The average Bonchev–Trinajstić information content (AvgIpc) is 3.09. The molecule has 3 aromatic rings. The van der Waals surface area contributed by atoms with Crippen LogP contribution in [0.15, 0.2) is 72.3 Å². The minimum atomic E-state index is -4.88. The first-order valence-corrected chi connectivity index (χ1v) is 11.0. The third kappa shape index (κ3) is 4.93. The molecule has 36 heavy (non-hydrogen) atoms. The predicted octanol–water partition coefficient (Wildman–Crippen LogP) is 5.59. The van der Waals surface area contributed by atoms with Crippen LogP contribution in [0.1, 0.15) is 53.0 Å². The molecule has 0 radical (unpaired) electrons. The summed E-state index contributed by atoms with van der Waals surface area (Å²) >= 11 is 0. The van der Waals surface area contributed by atoms with Gasteiger partial charge in [-0.05, 0) is 36.1 Å². The maximum Gasteiger partial charge on any atom is 0.573 e. The van der Waals surface area contributed by atoms with Gasteiger partial charge in [-0.1, -0.05) is 50.2 Å². The standard InChI is InChI=1S/C26H22F3N3O4/c1-14(2)16-4-6-18(7-5-16)23(33)21-22(17-8-10-19(11-9-17)36-26(27,28)29)32(25(35)24(21)34)20-13-30-15(3)12-31-20/h4-14,22,34H,1-3H3. The van der Waals surface area contributed by atoms with Gasteiger partial charge < -0.3 is 9.84 Å². The van der Waals surface area contributed by atoms with E-state index < -0.39 is 35.6 Å². The highest BCUT2D eigenvalue weighted by molar-refractivity contribution is 6.20. The molecule has 1 aliphatic heterocycles. The summed E-state index contributed by atoms with van der Waals surface area (Å²) in [6.07, 6.45) is -2.14. The number of halogens is 3. The molecular formula is C26H22F3N3O4. The van der Waals surface area contributed by atoms with E-state index in [4.69, 9.17) is 0 Å². The maximum atomic E-state index is 13.5. The molecule has 2 heterocycles. The van der Waals surface area contributed by atoms with Gasteiger partial charge in [0.2, 0.25) is 0 Å². The van der Waals surface area contributed by atoms with Crippen molar-refractivity contribution in [2.75, 3.05) is 4.90 Å². The molecule has 1 aliphatic rings. The van der Waals surface area contributed by atoms with Gasteiger partial charge in [-0.25, -0.2) is 4.98 Å². The molecule has 0 saturated heterocycles. The molecule has 1 N–H and O–H groups in total. The van der Waals surface area contributed by atoms with Crippen molar-refractivity contribution in [3.05, 3.63) is 94.6 Å². The van der Waals surface area contributed by atoms with Crippen LogP contribution in [0.5, 0.6) is 5.75 Å². The zero-order chi connectivity index (χ0) is 26.2. The number of Topliss-reactive ketones (excluding diaryl/α,β-unsaturated/α-hetero) is 1. The van der Waals surface area contributed by atoms with Crippen LogP contribution < -0.4 is 9.64 Å². The van der Waals surface area contributed by atoms with E-state index in [1.54, 1.807) is 31.2 Å². The number of aliphatic hydroxyl groups excluding tert-OH is 1. The van der Waals surface area contributed by atoms with E-state index in [1.165, 1.54) is 24.5 Å². The van der Waals surface area contributed by atoms with Gasteiger partial charge in [-0.2, -0.15) is 0 Å². The summed E-state index contributed by atoms with van der Waals surface area (Å²) in [6, 6.07) is 10.3. The lowest BCUT2D eigenvalue weighted by Crippen LogP contribution is -2.32. The van der Waals surface area contributed by atoms with Crippen LogP contribution in [0.2, 0.25) is 0 Å². The highest BCUT2D eigenvalue weighted by atomic mass is 19.4. The summed E-state index contributed by atoms with van der Waals surface area (Å²) < 4.78 is 41.8. The van der Waals surface area contributed by atoms with Gasteiger partial charge >= 0.3 is 6.36 Å². The number of aryl methyl sites for hydroxylation is 1. The molecule has 1 amide bonds. The van der Waals surface area contributed by atoms with Gasteiger partial charge in [0.25, 0.3) is 5.91 Å². The maximum absolute atomic E-state index is 13.5. The van der Waals surface area contributed by atoms with E-state index in [-0.39, 0.29) is 28.4 Å². The van der Waals surface area contributed by atoms with E-state index in [2.05, 4.69) is 14.7 Å². The van der Waals surface area contributed by atoms with E-state index in [0.29, 0.717) is 5.69 Å². The van der Waals surface area contributed by atoms with Crippen molar-refractivity contribution in [3.63, 3.8) is 0 Å². The first-order valence-electron chi connectivity index (χ1n) is 11.0. The SMILES string of the molecule is Cc1cnc(N2C(=O)C(O)=C(C(=O)c3ccc(C(C)C)cc3)C2c2ccc(OC(F)(F)F)cc2)cn1. The molecule has 0 fully saturated rings. The summed E-state index contributed by atoms with van der Waals surface area (Å²) in [4.78, 5) is 36.1. The Balaban J connectivity index is 1.79. The zero-order valence-electron chi connectivity index (χ0n) is 19.6. The summed E-state index contributed by atoms with van der Waals surface area (Å²) in [7, 11) is 0. The van der Waals surface area contributed by atoms with Gasteiger partial charge in [0.05, 0.1) is 29.7 Å². The van der Waals surface area contributed by atoms with Crippen LogP contribution in [-0.4, -0.2) is 33.1 Å². The number of aliphatic hydroxyl groups is 1. The number of aromatic nitrogens is 2. The molecule has 4 rings (SSSR count). The summed E-state index contributed by atoms with van der Waals surface area (Å²) in [5.74, 6) is -2.42. The second-order valence-electron chi connectivity index (χ2n) is 8.58. The highest BCUT2D eigenvalue weighted by Gasteiger charge is 2.45. The van der Waals surface area contributed by atoms with Gasteiger partial charge in [0.1, 0.15) is 5.75 Å². The second-order valence-corrected chi connectivity index (χ2v) is 8.58. The number of amides is 1. The van der Waals surface area contributed by atoms with Crippen LogP contribution in [0.3, 0.4) is 0 Å². The molecule has 1 aromatic heterocycles. The molecule has 0 saturated carbocycles. The fourth-order valence-electron chi connectivity index (χ4n) is 3.93. The molecule has 1 unspecified atom stereocenters. The van der Waals surface area contributed by atoms with Crippen LogP contribution in [-0.2, 0) is 4.79 Å². The minimum Gasteiger partial charge on any atom is -0.503 e. The number of ketones is 1. The van der Waals surface area contributed by atoms with Gasteiger partial charge in [0, 0.05) is 5.56 Å². The third-order valence-corrected chi connectivity index (χ3v) is 5.74. The topological polar surface area (TPSA) is 92.6 Å². The number of alkyl halides is 3. The first-order chi connectivity index (χ1) is 17.0. The van der Waals surface area contributed by atoms with Crippen molar-refractivity contribution in [2.45, 2.75) is 39.1 Å². The van der Waals surface area contributed by atoms with Crippen molar-refractivity contribution in [3.8, 4) is 5.75 Å². The second kappa shape index (κ2) is 9.44. The number of rotatable bonds is 6. The fraction of sp³-hybridized carbons (Fsp3) is 0.231. The number of hydrogen-bond donors (Lipinski definition) is 1. The summed E-state index contributed by atoms with van der Waals surface area (Å²) in [5, 5.41) is 10.8. The van der Waals surface area contributed by atoms with Gasteiger partial charge in [0.15, 0.2) is 17.4 Å². The molecule has 1 atom stereocenters. The number of hydrogen-bond acceptors (Lipinski definition) is 6. The third-order valence-electron chi connectivity index (χ3n) is 5.74. The first kappa shape index (κ1) is 24.9. The Morgan fingerprint density at radius 2 is 1.67 bits per heavy atom. The molecule has 7 nitrogen and oxygen atoms in total. The average molecular weight is 497 g/mol. The number of anilines is 1. The van der Waals surface area contributed by atoms with Gasteiger partial charge in [-0.15, -0.1) is 13.2 Å². The Labute approximate surface area is 204 Å². The molecule has 0 bridgehead atoms. The normalized spacial score (nSPS) is 16.1. The molecule has 2 aromatic carbocycles. The highest BCUT2D eigenvalue weighted by Crippen LogP contribution is 2.41. The largest absolute Gasteiger partial charge is 0.573 e.